The van der Waals surface area contributed by atoms with Crippen molar-refractivity contribution in [2.24, 2.45) is 0 Å². The lowest BCUT2D eigenvalue weighted by molar-refractivity contribution is -0.0355. The van der Waals surface area contributed by atoms with Crippen LogP contribution in [0.5, 0.6) is 0 Å². The second kappa shape index (κ2) is 6.22. The first kappa shape index (κ1) is 19.1. The highest BCUT2D eigenvalue weighted by molar-refractivity contribution is 8.53. The van der Waals surface area contributed by atoms with E-state index in [9.17, 15) is 39.5 Å². The number of hydrogen-bond acceptors (Lipinski definition) is 4. The largest absolute Gasteiger partial charge is 0.444 e. The molecule has 0 saturated carbocycles. The normalized spacial score (nSPS) is 15.0. The zero-order chi connectivity index (χ0) is 14.8. The van der Waals surface area contributed by atoms with Crippen LogP contribution in [0.25, 0.3) is 0 Å². The molecule has 0 bridgehead atoms. The van der Waals surface area contributed by atoms with Crippen LogP contribution >= 0.6 is 56.9 Å². The molecule has 0 spiro atoms. The minimum absolute atomic E-state index is 0.701. The molecule has 0 saturated heterocycles. The van der Waals surface area contributed by atoms with Gasteiger partial charge in [0.1, 0.15) is 0 Å². The molecule has 0 heterocycles. The van der Waals surface area contributed by atoms with E-state index in [-0.39, 0.29) is 0 Å². The van der Waals surface area contributed by atoms with Gasteiger partial charge in [-0.3, -0.25) is 0 Å². The van der Waals surface area contributed by atoms with Crippen molar-refractivity contribution >= 4 is 56.9 Å². The zero-order valence-corrected chi connectivity index (χ0v) is 11.4. The Labute approximate surface area is 116 Å². The molecule has 0 aliphatic carbocycles. The molecule has 0 unspecified atom stereocenters. The first-order chi connectivity index (χ1) is 7.68. The Balaban J connectivity index is 5.20. The van der Waals surface area contributed by atoms with Crippen LogP contribution in [0.4, 0.5) is 39.5 Å². The van der Waals surface area contributed by atoms with Crippen molar-refractivity contribution in [1.29, 1.82) is 0 Å². The predicted molar refractivity (Wildman–Crippen MR) is 57.1 cm³/mol. The van der Waals surface area contributed by atoms with Gasteiger partial charge in [0, 0.05) is 0 Å². The van der Waals surface area contributed by atoms with Crippen LogP contribution in [-0.4, -0.2) is 19.3 Å². The van der Waals surface area contributed by atoms with E-state index in [2.05, 4.69) is 0 Å². The Kier molecular flexibility index (Phi) is 6.59. The molecule has 0 atom stereocenters. The van der Waals surface area contributed by atoms with Gasteiger partial charge in [-0.15, -0.1) is 0 Å². The lowest BCUT2D eigenvalue weighted by Gasteiger charge is -2.30. The molecular weight excluding hydrogens is 383 g/mol. The van der Waals surface area contributed by atoms with Gasteiger partial charge < -0.3 is 0 Å². The fourth-order valence-corrected chi connectivity index (χ4v) is 5.67. The summed E-state index contributed by atoms with van der Waals surface area (Å²) in [4.78, 5) is 0. The maximum atomic E-state index is 12.0. The molecule has 0 amide bonds. The van der Waals surface area contributed by atoms with Gasteiger partial charge in [-0.1, -0.05) is 0 Å². The summed E-state index contributed by atoms with van der Waals surface area (Å²) in [5, 5.41) is 0. The topological polar surface area (TPSA) is 0 Å². The van der Waals surface area contributed by atoms with E-state index in [1.54, 1.807) is 0 Å². The fourth-order valence-electron chi connectivity index (χ4n) is 0.535. The number of hydrogen-bond donors (Lipinski definition) is 0. The minimum atomic E-state index is -5.31. The highest BCUT2D eigenvalue weighted by atomic mass is 35.7. The van der Waals surface area contributed by atoms with Gasteiger partial charge in [0.25, 0.3) is 0 Å². The maximum absolute atomic E-state index is 12.0. The molecule has 0 aromatic carbocycles. The molecule has 18 heavy (non-hydrogen) atoms. The summed E-state index contributed by atoms with van der Waals surface area (Å²) < 4.78 is 105. The zero-order valence-electron chi connectivity index (χ0n) is 7.41. The molecule has 0 radical (unpaired) electrons. The Hall–Kier alpha value is 1.06. The maximum Gasteiger partial charge on any atom is 0.444 e. The van der Waals surface area contributed by atoms with Crippen molar-refractivity contribution in [3.8, 4) is 0 Å². The van der Waals surface area contributed by atoms with E-state index in [0.29, 0.717) is 0 Å². The van der Waals surface area contributed by atoms with Gasteiger partial charge >= 0.3 is 16.5 Å². The Morgan fingerprint density at radius 2 is 0.778 bits per heavy atom. The lowest BCUT2D eigenvalue weighted by atomic mass is 11.5. The van der Waals surface area contributed by atoms with Crippen molar-refractivity contribution < 1.29 is 39.5 Å². The molecule has 14 heteroatoms. The lowest BCUT2D eigenvalue weighted by Crippen LogP contribution is -2.25. The van der Waals surface area contributed by atoms with Crippen molar-refractivity contribution in [1.82, 2.24) is 0 Å². The molecule has 0 nitrogen and oxygen atoms in total. The van der Waals surface area contributed by atoms with Crippen LogP contribution in [0.1, 0.15) is 0 Å². The van der Waals surface area contributed by atoms with Crippen LogP contribution in [-0.2, 0) is 0 Å². The van der Waals surface area contributed by atoms with Gasteiger partial charge in [0.05, 0.1) is 0 Å². The van der Waals surface area contributed by atoms with E-state index in [0.717, 1.165) is 0 Å². The van der Waals surface area contributed by atoms with E-state index in [4.69, 9.17) is 10.7 Å². The van der Waals surface area contributed by atoms with Gasteiger partial charge in [-0.05, 0) is 56.9 Å². The van der Waals surface area contributed by atoms with Crippen molar-refractivity contribution in [3.63, 3.8) is 0 Å². The molecule has 0 aromatic heterocycles. The first-order valence-corrected chi connectivity index (χ1v) is 7.38. The third-order valence-corrected chi connectivity index (χ3v) is 6.97. The van der Waals surface area contributed by atoms with E-state index in [1.807, 2.05) is 0 Å². The van der Waals surface area contributed by atoms with Crippen LogP contribution in [0.2, 0.25) is 0 Å². The first-order valence-electron chi connectivity index (χ1n) is 3.28. The average Bonchev–Trinajstić information content (AvgIpc) is 1.93. The predicted octanol–water partition coefficient (Wildman–Crippen LogP) is 6.24. The smallest absolute Gasteiger partial charge is 0.160 e. The Morgan fingerprint density at radius 3 is 0.889 bits per heavy atom. The molecule has 0 rings (SSSR count). The third-order valence-electron chi connectivity index (χ3n) is 0.817. The summed E-state index contributed by atoms with van der Waals surface area (Å²) in [6.45, 7) is 0. The highest BCUT2D eigenvalue weighted by Crippen LogP contribution is 2.67. The molecule has 110 valence electrons. The molecular formula is C4ClF9S4. The number of thioether (sulfide) groups is 3. The number of rotatable bonds is 4. The van der Waals surface area contributed by atoms with E-state index < -0.39 is 65.5 Å². The van der Waals surface area contributed by atoms with Crippen LogP contribution in [0.3, 0.4) is 0 Å². The summed E-state index contributed by atoms with van der Waals surface area (Å²) in [5.41, 5.74) is -15.9. The monoisotopic (exact) mass is 382 g/mol. The average molecular weight is 383 g/mol. The quantitative estimate of drug-likeness (QED) is 0.416. The third kappa shape index (κ3) is 9.04. The highest BCUT2D eigenvalue weighted by Gasteiger charge is 2.57. The summed E-state index contributed by atoms with van der Waals surface area (Å²) in [6.07, 6.45) is 0. The van der Waals surface area contributed by atoms with Gasteiger partial charge in [-0.2, -0.15) is 39.5 Å². The van der Waals surface area contributed by atoms with Crippen molar-refractivity contribution in [2.75, 3.05) is 0 Å². The Morgan fingerprint density at radius 1 is 0.556 bits per heavy atom. The Bertz CT molecular complexity index is 228. The SMILES string of the molecule is FC(F)(F)SC(SCl)(SC(F)(F)F)SC(F)(F)F. The van der Waals surface area contributed by atoms with Crippen molar-refractivity contribution in [2.45, 2.75) is 19.3 Å². The summed E-state index contributed by atoms with van der Waals surface area (Å²) >= 11 is -4.44. The standard InChI is InChI=1S/C4ClF9S4/c5-18-4(15-1(6,7)8,16-2(9,10)11)17-3(12,13)14. The fraction of sp³-hybridized carbons (Fsp3) is 1.00. The summed E-state index contributed by atoms with van der Waals surface area (Å²) in [5.74, 6) is 0. The molecule has 0 aromatic rings. The van der Waals surface area contributed by atoms with Gasteiger partial charge in [0.2, 0.25) is 0 Å². The second-order valence-corrected chi connectivity index (χ2v) is 8.84. The molecule has 0 fully saturated rings. The molecule has 0 N–H and O–H groups in total. The van der Waals surface area contributed by atoms with Crippen LogP contribution < -0.4 is 0 Å². The molecule has 0 aliphatic heterocycles. The van der Waals surface area contributed by atoms with Gasteiger partial charge in [-0.25, -0.2) is 0 Å². The minimum Gasteiger partial charge on any atom is -0.160 e. The van der Waals surface area contributed by atoms with Crippen LogP contribution in [0, 0.1) is 0 Å². The summed E-state index contributed by atoms with van der Waals surface area (Å²) in [6, 6.07) is 0. The molecule has 0 aliphatic rings. The van der Waals surface area contributed by atoms with Crippen molar-refractivity contribution in [3.05, 3.63) is 0 Å². The van der Waals surface area contributed by atoms with Crippen LogP contribution in [0.15, 0.2) is 0 Å². The van der Waals surface area contributed by atoms with E-state index >= 15 is 0 Å². The van der Waals surface area contributed by atoms with Gasteiger partial charge in [0.15, 0.2) is 2.74 Å². The number of alkyl halides is 9. The number of halogens is 10. The van der Waals surface area contributed by atoms with E-state index in [1.165, 1.54) is 0 Å². The summed E-state index contributed by atoms with van der Waals surface area (Å²) in [7, 11) is 4.10. The second-order valence-electron chi connectivity index (χ2n) is 2.22.